The standard InChI is InChI=1S/C37H38N2O5/c1-3-38(4-2)23-24-39-34(29-15-19-31(20-16-29)43-25-27-11-7-5-8-12-27)33(36(41)37(39)42)35(40)30-17-21-32(22-18-30)44-26-28-13-9-6-10-14-28/h5-22,34,40H,3-4,23-26H2,1-2H3/b35-33+. The van der Waals surface area contributed by atoms with Gasteiger partial charge in [-0.1, -0.05) is 86.6 Å². The molecule has 5 rings (SSSR count). The Labute approximate surface area is 259 Å². The van der Waals surface area contributed by atoms with Gasteiger partial charge in [0.1, 0.15) is 30.5 Å². The van der Waals surface area contributed by atoms with E-state index in [1.54, 1.807) is 29.2 Å². The fourth-order valence-electron chi connectivity index (χ4n) is 5.34. The zero-order chi connectivity index (χ0) is 30.9. The molecule has 7 nitrogen and oxygen atoms in total. The third-order valence-corrected chi connectivity index (χ3v) is 7.91. The van der Waals surface area contributed by atoms with Crippen LogP contribution in [0.1, 0.15) is 42.1 Å². The van der Waals surface area contributed by atoms with Gasteiger partial charge in [0.2, 0.25) is 0 Å². The Balaban J connectivity index is 1.41. The Bertz CT molecular complexity index is 1560. The van der Waals surface area contributed by atoms with Gasteiger partial charge >= 0.3 is 0 Å². The van der Waals surface area contributed by atoms with Crippen LogP contribution in [0.25, 0.3) is 5.76 Å². The second kappa shape index (κ2) is 14.5. The molecular weight excluding hydrogens is 552 g/mol. The number of aliphatic hydroxyl groups excluding tert-OH is 1. The number of Topliss-reactive ketones (excluding diaryl/α,β-unsaturated/α-hetero) is 1. The van der Waals surface area contributed by atoms with E-state index in [1.165, 1.54) is 0 Å². The van der Waals surface area contributed by atoms with E-state index in [1.807, 2.05) is 84.9 Å². The topological polar surface area (TPSA) is 79.3 Å². The Morgan fingerprint density at radius 1 is 0.727 bits per heavy atom. The minimum atomic E-state index is -0.734. The predicted molar refractivity (Wildman–Crippen MR) is 171 cm³/mol. The summed E-state index contributed by atoms with van der Waals surface area (Å²) in [5.74, 6) is -0.217. The van der Waals surface area contributed by atoms with Crippen LogP contribution in [0.4, 0.5) is 0 Å². The van der Waals surface area contributed by atoms with Gasteiger partial charge in [0.05, 0.1) is 11.6 Å². The van der Waals surface area contributed by atoms with Gasteiger partial charge in [-0.2, -0.15) is 0 Å². The van der Waals surface area contributed by atoms with Crippen LogP contribution in [-0.2, 0) is 22.8 Å². The molecule has 1 N–H and O–H groups in total. The molecule has 1 aliphatic heterocycles. The van der Waals surface area contributed by atoms with Gasteiger partial charge < -0.3 is 24.4 Å². The highest BCUT2D eigenvalue weighted by Crippen LogP contribution is 2.40. The largest absolute Gasteiger partial charge is 0.507 e. The maximum Gasteiger partial charge on any atom is 0.295 e. The second-order valence-electron chi connectivity index (χ2n) is 10.7. The van der Waals surface area contributed by atoms with Gasteiger partial charge in [0.15, 0.2) is 0 Å². The van der Waals surface area contributed by atoms with Crippen molar-refractivity contribution in [3.63, 3.8) is 0 Å². The molecule has 1 unspecified atom stereocenters. The van der Waals surface area contributed by atoms with Gasteiger partial charge in [-0.3, -0.25) is 9.59 Å². The van der Waals surface area contributed by atoms with Crippen molar-refractivity contribution in [1.29, 1.82) is 0 Å². The summed E-state index contributed by atoms with van der Waals surface area (Å²) >= 11 is 0. The molecule has 0 aromatic heterocycles. The monoisotopic (exact) mass is 590 g/mol. The third-order valence-electron chi connectivity index (χ3n) is 7.91. The number of hydrogen-bond donors (Lipinski definition) is 1. The maximum atomic E-state index is 13.5. The van der Waals surface area contributed by atoms with Crippen LogP contribution in [0.3, 0.4) is 0 Å². The molecular formula is C37H38N2O5. The van der Waals surface area contributed by atoms with Crippen LogP contribution in [0.2, 0.25) is 0 Å². The van der Waals surface area contributed by atoms with E-state index in [-0.39, 0.29) is 11.3 Å². The number of nitrogens with zero attached hydrogens (tertiary/aromatic N) is 2. The molecule has 0 saturated carbocycles. The molecule has 0 radical (unpaired) electrons. The lowest BCUT2D eigenvalue weighted by atomic mass is 9.95. The number of likely N-dealkylation sites (N-methyl/N-ethyl adjacent to an activating group) is 1. The van der Waals surface area contributed by atoms with Gasteiger partial charge in [-0.25, -0.2) is 0 Å². The van der Waals surface area contributed by atoms with E-state index in [0.717, 1.165) is 29.8 Å². The normalized spacial score (nSPS) is 16.0. The van der Waals surface area contributed by atoms with Crippen LogP contribution < -0.4 is 9.47 Å². The number of likely N-dealkylation sites (tertiary alicyclic amines) is 1. The van der Waals surface area contributed by atoms with E-state index >= 15 is 0 Å². The molecule has 0 aliphatic carbocycles. The SMILES string of the molecule is CCN(CC)CCN1C(=O)C(=O)/C(=C(/O)c2ccc(OCc3ccccc3)cc2)C1c1ccc(OCc2ccccc2)cc1. The molecule has 226 valence electrons. The number of hydrogen-bond acceptors (Lipinski definition) is 6. The number of aliphatic hydroxyl groups is 1. The van der Waals surface area contributed by atoms with Gasteiger partial charge in [-0.05, 0) is 66.2 Å². The average molecular weight is 591 g/mol. The molecule has 1 amide bonds. The molecule has 4 aromatic carbocycles. The summed E-state index contributed by atoms with van der Waals surface area (Å²) in [6.07, 6.45) is 0. The summed E-state index contributed by atoms with van der Waals surface area (Å²) in [7, 11) is 0. The van der Waals surface area contributed by atoms with Crippen molar-refractivity contribution in [3.05, 3.63) is 137 Å². The van der Waals surface area contributed by atoms with Crippen molar-refractivity contribution in [3.8, 4) is 11.5 Å². The van der Waals surface area contributed by atoms with Crippen LogP contribution in [-0.4, -0.2) is 52.8 Å². The molecule has 0 bridgehead atoms. The van der Waals surface area contributed by atoms with Crippen molar-refractivity contribution < 1.29 is 24.2 Å². The Kier molecular flexibility index (Phi) is 10.1. The van der Waals surface area contributed by atoms with Crippen molar-refractivity contribution in [1.82, 2.24) is 9.80 Å². The molecule has 1 saturated heterocycles. The first-order valence-electron chi connectivity index (χ1n) is 15.0. The lowest BCUT2D eigenvalue weighted by Crippen LogP contribution is -2.38. The molecule has 1 aliphatic rings. The zero-order valence-electron chi connectivity index (χ0n) is 25.2. The van der Waals surface area contributed by atoms with E-state index in [0.29, 0.717) is 43.4 Å². The lowest BCUT2D eigenvalue weighted by molar-refractivity contribution is -0.140. The summed E-state index contributed by atoms with van der Waals surface area (Å²) in [6.45, 7) is 7.60. The number of ether oxygens (including phenoxy) is 2. The van der Waals surface area contributed by atoms with Gasteiger partial charge in [0.25, 0.3) is 11.7 Å². The van der Waals surface area contributed by atoms with Crippen LogP contribution >= 0.6 is 0 Å². The minimum absolute atomic E-state index is 0.0745. The Hall–Kier alpha value is -4.88. The minimum Gasteiger partial charge on any atom is -0.507 e. The summed E-state index contributed by atoms with van der Waals surface area (Å²) < 4.78 is 11.9. The van der Waals surface area contributed by atoms with Crippen LogP contribution in [0.5, 0.6) is 11.5 Å². The quantitative estimate of drug-likeness (QED) is 0.107. The molecule has 44 heavy (non-hydrogen) atoms. The number of amides is 1. The third kappa shape index (κ3) is 7.18. The molecule has 7 heteroatoms. The van der Waals surface area contributed by atoms with Crippen molar-refractivity contribution >= 4 is 17.4 Å². The lowest BCUT2D eigenvalue weighted by Gasteiger charge is -2.28. The number of carbonyl (C=O) groups is 2. The average Bonchev–Trinajstić information content (AvgIpc) is 3.33. The highest BCUT2D eigenvalue weighted by molar-refractivity contribution is 6.46. The number of rotatable bonds is 13. The second-order valence-corrected chi connectivity index (χ2v) is 10.7. The highest BCUT2D eigenvalue weighted by Gasteiger charge is 2.46. The van der Waals surface area contributed by atoms with E-state index in [2.05, 4.69) is 18.7 Å². The first kappa shape index (κ1) is 30.6. The number of ketones is 1. The molecule has 1 fully saturated rings. The smallest absolute Gasteiger partial charge is 0.295 e. The summed E-state index contributed by atoms with van der Waals surface area (Å²) in [5.41, 5.74) is 3.33. The molecule has 1 atom stereocenters. The van der Waals surface area contributed by atoms with Crippen molar-refractivity contribution in [2.45, 2.75) is 33.1 Å². The Morgan fingerprint density at radius 2 is 1.23 bits per heavy atom. The van der Waals surface area contributed by atoms with Gasteiger partial charge in [0, 0.05) is 18.7 Å². The fraction of sp³-hybridized carbons (Fsp3) is 0.243. The van der Waals surface area contributed by atoms with E-state index < -0.39 is 17.7 Å². The summed E-state index contributed by atoms with van der Waals surface area (Å²) in [4.78, 5) is 30.6. The molecule has 0 spiro atoms. The first-order valence-corrected chi connectivity index (χ1v) is 15.0. The summed E-state index contributed by atoms with van der Waals surface area (Å²) in [6, 6.07) is 33.3. The first-order chi connectivity index (χ1) is 21.5. The van der Waals surface area contributed by atoms with Crippen molar-refractivity contribution in [2.75, 3.05) is 26.2 Å². The Morgan fingerprint density at radius 3 is 1.73 bits per heavy atom. The number of carbonyl (C=O) groups excluding carboxylic acids is 2. The highest BCUT2D eigenvalue weighted by atomic mass is 16.5. The van der Waals surface area contributed by atoms with E-state index in [4.69, 9.17) is 9.47 Å². The predicted octanol–water partition coefficient (Wildman–Crippen LogP) is 6.61. The van der Waals surface area contributed by atoms with Gasteiger partial charge in [-0.15, -0.1) is 0 Å². The van der Waals surface area contributed by atoms with E-state index in [9.17, 15) is 14.7 Å². The molecule has 1 heterocycles. The summed E-state index contributed by atoms with van der Waals surface area (Å²) in [5, 5.41) is 11.5. The zero-order valence-corrected chi connectivity index (χ0v) is 25.2. The van der Waals surface area contributed by atoms with Crippen LogP contribution in [0.15, 0.2) is 115 Å². The molecule has 4 aromatic rings. The maximum absolute atomic E-state index is 13.5. The number of benzene rings is 4. The van der Waals surface area contributed by atoms with Crippen LogP contribution in [0, 0.1) is 0 Å². The van der Waals surface area contributed by atoms with Crippen molar-refractivity contribution in [2.24, 2.45) is 0 Å². The fourth-order valence-corrected chi connectivity index (χ4v) is 5.34.